The van der Waals surface area contributed by atoms with E-state index in [1.165, 1.54) is 6.92 Å². The summed E-state index contributed by atoms with van der Waals surface area (Å²) in [7, 11) is 0. The Kier molecular flexibility index (Phi) is 34.0. The van der Waals surface area contributed by atoms with Gasteiger partial charge < -0.3 is 76.3 Å². The van der Waals surface area contributed by atoms with Crippen molar-refractivity contribution in [2.24, 2.45) is 57.3 Å². The van der Waals surface area contributed by atoms with E-state index in [9.17, 15) is 48.3 Å². The van der Waals surface area contributed by atoms with Crippen LogP contribution >= 0.6 is 12.6 Å². The fourth-order valence-corrected chi connectivity index (χ4v) is 7.75. The van der Waals surface area contributed by atoms with Crippen molar-refractivity contribution in [3.05, 3.63) is 0 Å². The third kappa shape index (κ3) is 28.1. The van der Waals surface area contributed by atoms with Crippen LogP contribution in [-0.4, -0.2) is 144 Å². The zero-order valence-electron chi connectivity index (χ0n) is 44.7. The molecule has 0 aromatic rings. The second-order valence-electron chi connectivity index (χ2n) is 20.0. The number of amides is 8. The van der Waals surface area contributed by atoms with Gasteiger partial charge in [0.25, 0.3) is 0 Å². The van der Waals surface area contributed by atoms with Crippen molar-refractivity contribution >= 4 is 71.8 Å². The summed E-state index contributed by atoms with van der Waals surface area (Å²) < 4.78 is 0. The number of thiol groups is 1. The molecular weight excluding hydrogens is 965 g/mol. The van der Waals surface area contributed by atoms with Crippen LogP contribution in [0, 0.1) is 23.7 Å². The van der Waals surface area contributed by atoms with Gasteiger partial charge in [-0.05, 0) is 114 Å². The average molecular weight is 1060 g/mol. The number of carboxylic acid groups (broad SMARTS) is 1. The first kappa shape index (κ1) is 67.7. The van der Waals surface area contributed by atoms with Gasteiger partial charge in [-0.25, -0.2) is 4.79 Å². The van der Waals surface area contributed by atoms with Crippen molar-refractivity contribution in [2.75, 3.05) is 25.4 Å². The number of hydrogen-bond donors (Lipinski definition) is 15. The largest absolute Gasteiger partial charge is 0.480 e. The van der Waals surface area contributed by atoms with Gasteiger partial charge in [0, 0.05) is 12.3 Å². The highest BCUT2D eigenvalue weighted by atomic mass is 32.1. The molecule has 0 unspecified atom stereocenters. The number of carboxylic acids is 1. The molecule has 0 heterocycles. The number of aliphatic imine (C=N–C) groups is 1. The van der Waals surface area contributed by atoms with Crippen molar-refractivity contribution in [1.82, 2.24) is 42.5 Å². The summed E-state index contributed by atoms with van der Waals surface area (Å²) in [5.41, 5.74) is 28.3. The Morgan fingerprint density at radius 3 is 1.32 bits per heavy atom. The summed E-state index contributed by atoms with van der Waals surface area (Å²) in [5.74, 6) is -7.73. The molecule has 25 heteroatoms. The lowest BCUT2D eigenvalue weighted by Gasteiger charge is -2.29. The molecule has 0 fully saturated rings. The molecule has 0 saturated heterocycles. The van der Waals surface area contributed by atoms with Crippen molar-refractivity contribution in [3.63, 3.8) is 0 Å². The number of nitrogens with one attached hydrogen (secondary N) is 8. The molecule has 0 aliphatic rings. The summed E-state index contributed by atoms with van der Waals surface area (Å²) >= 11 is 4.29. The fraction of sp³-hybridized carbons (Fsp3) is 0.792. The van der Waals surface area contributed by atoms with Crippen molar-refractivity contribution in [2.45, 2.75) is 194 Å². The summed E-state index contributed by atoms with van der Waals surface area (Å²) in [5, 5.41) is 31.0. The van der Waals surface area contributed by atoms with Crippen LogP contribution in [0.3, 0.4) is 0 Å². The van der Waals surface area contributed by atoms with Crippen LogP contribution in [0.15, 0.2) is 4.99 Å². The maximum Gasteiger partial charge on any atom is 0.326 e. The van der Waals surface area contributed by atoms with Crippen LogP contribution in [0.2, 0.25) is 0 Å². The van der Waals surface area contributed by atoms with E-state index in [2.05, 4.69) is 60.2 Å². The first-order chi connectivity index (χ1) is 34.2. The molecule has 8 amide bonds. The number of nitrogens with zero attached hydrogens (tertiary/aromatic N) is 1. The molecule has 0 radical (unpaired) electrons. The average Bonchev–Trinajstić information content (AvgIpc) is 3.30. The molecule has 0 aromatic heterocycles. The van der Waals surface area contributed by atoms with E-state index in [-0.39, 0.29) is 74.5 Å². The Bertz CT molecular complexity index is 1790. The van der Waals surface area contributed by atoms with Crippen LogP contribution in [0.25, 0.3) is 0 Å². The second-order valence-corrected chi connectivity index (χ2v) is 20.4. The summed E-state index contributed by atoms with van der Waals surface area (Å²) in [4.78, 5) is 125. The number of rotatable bonds is 38. The standard InChI is InChI=1S/C48H92N14O10S/c1-10-29(8)38(62-45(69)37(25-73)61-44(68)36(24-28(6)7)60-40(64)31(51)22-26(2)3)46(70)55-30(9)39(63)59-35(23-27(4)5)43(67)57-33(18-15-21-54-48(52)53)41(65)56-32(16-11-13-19-49)42(66)58-34(47(71)72)17-12-14-20-50/h26-38,73H,10-25,49-51H2,1-9H3,(H,55,70)(H,56,65)(H,57,67)(H,58,66)(H,59,63)(H,60,64)(H,61,68)(H,62,69)(H,71,72)(H4,52,53,54)/t29-,30-,31-,32-,33-,34-,35-,36-,37-,38-/m0/s1. The fourth-order valence-electron chi connectivity index (χ4n) is 7.49. The van der Waals surface area contributed by atoms with Crippen LogP contribution in [0.4, 0.5) is 0 Å². The minimum atomic E-state index is -1.28. The maximum atomic E-state index is 14.1. The minimum Gasteiger partial charge on any atom is -0.480 e. The second kappa shape index (κ2) is 36.6. The van der Waals surface area contributed by atoms with Gasteiger partial charge in [-0.15, -0.1) is 0 Å². The van der Waals surface area contributed by atoms with Crippen molar-refractivity contribution in [1.29, 1.82) is 0 Å². The van der Waals surface area contributed by atoms with Crippen molar-refractivity contribution < 1.29 is 48.3 Å². The van der Waals surface area contributed by atoms with Gasteiger partial charge >= 0.3 is 5.97 Å². The lowest BCUT2D eigenvalue weighted by atomic mass is 9.97. The van der Waals surface area contributed by atoms with Gasteiger partial charge in [-0.2, -0.15) is 12.6 Å². The highest BCUT2D eigenvalue weighted by Gasteiger charge is 2.35. The predicted octanol–water partition coefficient (Wildman–Crippen LogP) is -1.28. The van der Waals surface area contributed by atoms with E-state index < -0.39 is 114 Å². The molecule has 10 atom stereocenters. The smallest absolute Gasteiger partial charge is 0.326 e. The molecule has 0 bridgehead atoms. The zero-order chi connectivity index (χ0) is 56.0. The van der Waals surface area contributed by atoms with E-state index in [1.54, 1.807) is 13.8 Å². The van der Waals surface area contributed by atoms with E-state index >= 15 is 0 Å². The van der Waals surface area contributed by atoms with E-state index in [4.69, 9.17) is 28.7 Å². The summed E-state index contributed by atoms with van der Waals surface area (Å²) in [6.07, 6.45) is 3.49. The topological polar surface area (TPSA) is 413 Å². The number of guanidine groups is 1. The number of carbonyl (C=O) groups is 9. The van der Waals surface area contributed by atoms with E-state index in [0.29, 0.717) is 51.6 Å². The quantitative estimate of drug-likeness (QED) is 0.0148. The van der Waals surface area contributed by atoms with E-state index in [1.807, 2.05) is 41.5 Å². The number of aliphatic carboxylic acids is 1. The number of unbranched alkanes of at least 4 members (excludes halogenated alkanes) is 2. The normalized spacial score (nSPS) is 15.5. The predicted molar refractivity (Wildman–Crippen MR) is 284 cm³/mol. The summed E-state index contributed by atoms with van der Waals surface area (Å²) in [6.45, 7) is 16.9. The SMILES string of the molecule is CC[C@H](C)[C@H](NC(=O)[C@H](CS)NC(=O)[C@H](CC(C)C)NC(=O)[C@@H](N)CC(C)C)C(=O)N[C@@H](C)C(=O)N[C@@H](CC(C)C)C(=O)N[C@@H](CCCN=C(N)N)C(=O)N[C@@H](CCCCN)C(=O)N[C@@H](CCCCN)C(=O)O. The molecule has 0 aliphatic carbocycles. The lowest BCUT2D eigenvalue weighted by molar-refractivity contribution is -0.142. The molecule has 0 rings (SSSR count). The van der Waals surface area contributed by atoms with E-state index in [0.717, 1.165) is 0 Å². The Labute approximate surface area is 437 Å². The van der Waals surface area contributed by atoms with Gasteiger partial charge in [0.1, 0.15) is 48.3 Å². The monoisotopic (exact) mass is 1060 g/mol. The van der Waals surface area contributed by atoms with Crippen molar-refractivity contribution in [3.8, 4) is 0 Å². The third-order valence-corrected chi connectivity index (χ3v) is 12.2. The third-order valence-electron chi connectivity index (χ3n) is 11.8. The molecule has 73 heavy (non-hydrogen) atoms. The Morgan fingerprint density at radius 1 is 0.493 bits per heavy atom. The van der Waals surface area contributed by atoms with Gasteiger partial charge in [0.2, 0.25) is 47.3 Å². The van der Waals surface area contributed by atoms with Crippen LogP contribution in [-0.2, 0) is 43.2 Å². The Balaban J connectivity index is 6.41. The Morgan fingerprint density at radius 2 is 0.890 bits per heavy atom. The zero-order valence-corrected chi connectivity index (χ0v) is 45.6. The lowest BCUT2D eigenvalue weighted by Crippen LogP contribution is -2.61. The molecule has 0 spiro atoms. The summed E-state index contributed by atoms with van der Waals surface area (Å²) in [6, 6.07) is -10.5. The van der Waals surface area contributed by atoms with Gasteiger partial charge in [-0.3, -0.25) is 43.3 Å². The van der Waals surface area contributed by atoms with Gasteiger partial charge in [0.15, 0.2) is 5.96 Å². The molecule has 0 aliphatic heterocycles. The molecule has 19 N–H and O–H groups in total. The molecule has 0 aromatic carbocycles. The van der Waals surface area contributed by atoms with Crippen LogP contribution in [0.1, 0.15) is 139 Å². The highest BCUT2D eigenvalue weighted by Crippen LogP contribution is 2.13. The highest BCUT2D eigenvalue weighted by molar-refractivity contribution is 7.80. The first-order valence-corrected chi connectivity index (χ1v) is 26.3. The molecule has 0 saturated carbocycles. The van der Waals surface area contributed by atoms with Gasteiger partial charge in [0.05, 0.1) is 6.04 Å². The molecular formula is C48H92N14O10S. The van der Waals surface area contributed by atoms with Crippen LogP contribution in [0.5, 0.6) is 0 Å². The number of hydrogen-bond acceptors (Lipinski definition) is 14. The minimum absolute atomic E-state index is 0.0134. The molecule has 24 nitrogen and oxygen atoms in total. The Hall–Kier alpha value is -5.27. The van der Waals surface area contributed by atoms with Crippen LogP contribution < -0.4 is 71.2 Å². The number of carbonyl (C=O) groups excluding carboxylic acids is 8. The molecule has 420 valence electrons. The van der Waals surface area contributed by atoms with Gasteiger partial charge in [-0.1, -0.05) is 61.8 Å². The number of nitrogens with two attached hydrogens (primary N) is 5. The first-order valence-electron chi connectivity index (χ1n) is 25.7. The maximum absolute atomic E-state index is 14.1.